The molecule has 3 rings (SSSR count). The lowest BCUT2D eigenvalue weighted by Crippen LogP contribution is -2.14. The fraction of sp³-hybridized carbons (Fsp3) is 0.375. The second-order valence-electron chi connectivity index (χ2n) is 5.63. The first-order chi connectivity index (χ1) is 10.6. The molecule has 2 heterocycles. The van der Waals surface area contributed by atoms with Gasteiger partial charge < -0.3 is 15.0 Å². The molecule has 0 spiro atoms. The third-order valence-electron chi connectivity index (χ3n) is 3.76. The molecule has 1 aliphatic rings. The maximum Gasteiger partial charge on any atom is 0.255 e. The number of carbonyl (C=O) groups is 1. The summed E-state index contributed by atoms with van der Waals surface area (Å²) in [6.07, 6.45) is 4.49. The van der Waals surface area contributed by atoms with Gasteiger partial charge in [0.1, 0.15) is 0 Å². The molecule has 2 aromatic rings. The van der Waals surface area contributed by atoms with Gasteiger partial charge in [-0.05, 0) is 24.6 Å². The predicted octanol–water partition coefficient (Wildman–Crippen LogP) is 2.16. The summed E-state index contributed by atoms with van der Waals surface area (Å²) in [7, 11) is 3.90. The maximum absolute atomic E-state index is 12.3. The van der Waals surface area contributed by atoms with Crippen molar-refractivity contribution in [3.8, 4) is 0 Å². The molecule has 1 aromatic carbocycles. The van der Waals surface area contributed by atoms with Crippen LogP contribution in [0.4, 0.5) is 11.4 Å². The summed E-state index contributed by atoms with van der Waals surface area (Å²) < 4.78 is 7.21. The first-order valence-corrected chi connectivity index (χ1v) is 7.34. The Bertz CT molecular complexity index is 660. The molecule has 1 amide bonds. The molecule has 1 aromatic heterocycles. The quantitative estimate of drug-likeness (QED) is 0.940. The van der Waals surface area contributed by atoms with E-state index in [1.807, 2.05) is 48.1 Å². The highest BCUT2D eigenvalue weighted by Crippen LogP contribution is 2.20. The van der Waals surface area contributed by atoms with Gasteiger partial charge in [-0.1, -0.05) is 6.07 Å². The third-order valence-corrected chi connectivity index (χ3v) is 3.76. The van der Waals surface area contributed by atoms with Gasteiger partial charge in [0.15, 0.2) is 0 Å². The number of hydrogen-bond acceptors (Lipinski definition) is 4. The largest absolute Gasteiger partial charge is 0.379 e. The Labute approximate surface area is 129 Å². The monoisotopic (exact) mass is 300 g/mol. The number of rotatable bonds is 4. The lowest BCUT2D eigenvalue weighted by molar-refractivity contribution is 0.102. The van der Waals surface area contributed by atoms with Crippen LogP contribution in [0, 0.1) is 0 Å². The van der Waals surface area contributed by atoms with Crippen LogP contribution in [0.1, 0.15) is 22.8 Å². The van der Waals surface area contributed by atoms with Crippen LogP contribution < -0.4 is 10.2 Å². The van der Waals surface area contributed by atoms with Crippen LogP contribution >= 0.6 is 0 Å². The van der Waals surface area contributed by atoms with E-state index < -0.39 is 0 Å². The second-order valence-corrected chi connectivity index (χ2v) is 5.63. The van der Waals surface area contributed by atoms with Gasteiger partial charge in [-0.2, -0.15) is 5.10 Å². The maximum atomic E-state index is 12.3. The first kappa shape index (κ1) is 14.6. The Morgan fingerprint density at radius 3 is 3.05 bits per heavy atom. The van der Waals surface area contributed by atoms with Gasteiger partial charge in [-0.3, -0.25) is 9.48 Å². The summed E-state index contributed by atoms with van der Waals surface area (Å²) in [4.78, 5) is 14.3. The van der Waals surface area contributed by atoms with E-state index in [1.165, 1.54) is 0 Å². The van der Waals surface area contributed by atoms with E-state index in [9.17, 15) is 4.79 Å². The van der Waals surface area contributed by atoms with Crippen molar-refractivity contribution in [2.24, 2.45) is 0 Å². The van der Waals surface area contributed by atoms with Crippen molar-refractivity contribution in [1.29, 1.82) is 0 Å². The summed E-state index contributed by atoms with van der Waals surface area (Å²) >= 11 is 0. The van der Waals surface area contributed by atoms with E-state index in [0.717, 1.165) is 18.7 Å². The Morgan fingerprint density at radius 1 is 1.45 bits per heavy atom. The number of carbonyl (C=O) groups excluding carboxylic acids is 1. The number of anilines is 2. The minimum atomic E-state index is -0.133. The third kappa shape index (κ3) is 3.12. The smallest absolute Gasteiger partial charge is 0.255 e. The van der Waals surface area contributed by atoms with Crippen LogP contribution in [0.5, 0.6) is 0 Å². The van der Waals surface area contributed by atoms with Crippen LogP contribution in [-0.4, -0.2) is 43.0 Å². The SMILES string of the molecule is CN(C)c1cccc(C(=O)Nc2cnn([C@@H]3CCOC3)c2)c1. The molecule has 1 aliphatic heterocycles. The fourth-order valence-electron chi connectivity index (χ4n) is 2.46. The standard InChI is InChI=1S/C16H20N4O2/c1-19(2)14-5-3-4-12(8-14)16(21)18-13-9-17-20(10-13)15-6-7-22-11-15/h3-5,8-10,15H,6-7,11H2,1-2H3,(H,18,21)/t15-/m1/s1. The van der Waals surface area contributed by atoms with Crippen molar-refractivity contribution in [3.05, 3.63) is 42.2 Å². The second kappa shape index (κ2) is 6.19. The van der Waals surface area contributed by atoms with Gasteiger partial charge in [-0.15, -0.1) is 0 Å². The lowest BCUT2D eigenvalue weighted by atomic mass is 10.2. The number of benzene rings is 1. The van der Waals surface area contributed by atoms with Crippen LogP contribution in [-0.2, 0) is 4.74 Å². The zero-order valence-electron chi connectivity index (χ0n) is 12.8. The predicted molar refractivity (Wildman–Crippen MR) is 85.4 cm³/mol. The number of hydrogen-bond donors (Lipinski definition) is 1. The minimum Gasteiger partial charge on any atom is -0.379 e. The van der Waals surface area contributed by atoms with Crippen LogP contribution in [0.2, 0.25) is 0 Å². The van der Waals surface area contributed by atoms with E-state index in [4.69, 9.17) is 4.74 Å². The fourth-order valence-corrected chi connectivity index (χ4v) is 2.46. The molecule has 0 unspecified atom stereocenters. The summed E-state index contributed by atoms with van der Waals surface area (Å²) in [6, 6.07) is 7.78. The highest BCUT2D eigenvalue weighted by molar-refractivity contribution is 6.04. The van der Waals surface area contributed by atoms with Crippen molar-refractivity contribution < 1.29 is 9.53 Å². The number of nitrogens with zero attached hydrogens (tertiary/aromatic N) is 3. The van der Waals surface area contributed by atoms with Gasteiger partial charge in [0.2, 0.25) is 0 Å². The summed E-state index contributed by atoms with van der Waals surface area (Å²) in [5.41, 5.74) is 2.32. The van der Waals surface area contributed by atoms with E-state index >= 15 is 0 Å². The van der Waals surface area contributed by atoms with Crippen molar-refractivity contribution in [2.45, 2.75) is 12.5 Å². The highest BCUT2D eigenvalue weighted by Gasteiger charge is 2.18. The van der Waals surface area contributed by atoms with Crippen LogP contribution in [0.25, 0.3) is 0 Å². The minimum absolute atomic E-state index is 0.133. The van der Waals surface area contributed by atoms with Crippen molar-refractivity contribution >= 4 is 17.3 Å². The van der Waals surface area contributed by atoms with Crippen molar-refractivity contribution in [3.63, 3.8) is 0 Å². The summed E-state index contributed by atoms with van der Waals surface area (Å²) in [6.45, 7) is 1.45. The molecule has 116 valence electrons. The van der Waals surface area contributed by atoms with Gasteiger partial charge >= 0.3 is 0 Å². The molecule has 0 bridgehead atoms. The highest BCUT2D eigenvalue weighted by atomic mass is 16.5. The molecule has 22 heavy (non-hydrogen) atoms. The molecular formula is C16H20N4O2. The van der Waals surface area contributed by atoms with Gasteiger partial charge in [0.25, 0.3) is 5.91 Å². The molecule has 0 aliphatic carbocycles. The zero-order chi connectivity index (χ0) is 15.5. The summed E-state index contributed by atoms with van der Waals surface area (Å²) in [5, 5.41) is 7.19. The Morgan fingerprint density at radius 2 is 2.32 bits per heavy atom. The average Bonchev–Trinajstić information content (AvgIpc) is 3.18. The average molecular weight is 300 g/mol. The Balaban J connectivity index is 1.70. The zero-order valence-corrected chi connectivity index (χ0v) is 12.8. The topological polar surface area (TPSA) is 59.4 Å². The van der Waals surface area contributed by atoms with Crippen LogP contribution in [0.15, 0.2) is 36.7 Å². The molecule has 1 N–H and O–H groups in total. The van der Waals surface area contributed by atoms with Gasteiger partial charge in [-0.25, -0.2) is 0 Å². The van der Waals surface area contributed by atoms with Crippen molar-refractivity contribution in [1.82, 2.24) is 9.78 Å². The molecule has 1 atom stereocenters. The van der Waals surface area contributed by atoms with Crippen LogP contribution in [0.3, 0.4) is 0 Å². The van der Waals surface area contributed by atoms with Gasteiger partial charge in [0, 0.05) is 38.1 Å². The van der Waals surface area contributed by atoms with Gasteiger partial charge in [0.05, 0.1) is 24.5 Å². The lowest BCUT2D eigenvalue weighted by Gasteiger charge is -2.13. The Hall–Kier alpha value is -2.34. The van der Waals surface area contributed by atoms with E-state index in [-0.39, 0.29) is 11.9 Å². The van der Waals surface area contributed by atoms with E-state index in [1.54, 1.807) is 12.3 Å². The molecule has 6 heteroatoms. The molecule has 1 fully saturated rings. The van der Waals surface area contributed by atoms with E-state index in [0.29, 0.717) is 17.9 Å². The molecule has 0 radical (unpaired) electrons. The van der Waals surface area contributed by atoms with Crippen molar-refractivity contribution in [2.75, 3.05) is 37.5 Å². The first-order valence-electron chi connectivity index (χ1n) is 7.34. The number of ether oxygens (including phenoxy) is 1. The normalized spacial score (nSPS) is 17.5. The number of nitrogens with one attached hydrogen (secondary N) is 1. The number of amides is 1. The summed E-state index contributed by atoms with van der Waals surface area (Å²) in [5.74, 6) is -0.133. The Kier molecular flexibility index (Phi) is 4.11. The number of aromatic nitrogens is 2. The van der Waals surface area contributed by atoms with E-state index in [2.05, 4.69) is 10.4 Å². The molecule has 6 nitrogen and oxygen atoms in total. The molecule has 0 saturated carbocycles. The molecule has 1 saturated heterocycles. The molecular weight excluding hydrogens is 280 g/mol.